The van der Waals surface area contributed by atoms with Crippen LogP contribution in [-0.4, -0.2) is 42.5 Å². The first-order valence-corrected chi connectivity index (χ1v) is 5.91. The number of carbonyl (C=O) groups is 1. The van der Waals surface area contributed by atoms with E-state index in [-0.39, 0.29) is 5.95 Å². The Labute approximate surface area is 120 Å². The molecule has 0 aliphatic carbocycles. The molecule has 1 aromatic carbocycles. The number of nitrogens with one attached hydrogen (secondary N) is 3. The van der Waals surface area contributed by atoms with Crippen molar-refractivity contribution in [2.45, 2.75) is 0 Å². The van der Waals surface area contributed by atoms with Gasteiger partial charge in [0, 0.05) is 12.1 Å². The van der Waals surface area contributed by atoms with Crippen molar-refractivity contribution in [1.82, 2.24) is 15.2 Å². The molecule has 2 amide bonds. The van der Waals surface area contributed by atoms with Gasteiger partial charge in [0.05, 0.1) is 27.0 Å². The summed E-state index contributed by atoms with van der Waals surface area (Å²) < 4.78 is 15.6. The van der Waals surface area contributed by atoms with Crippen LogP contribution < -0.4 is 24.8 Å². The average Bonchev–Trinajstić information content (AvgIpc) is 2.98. The lowest BCUT2D eigenvalue weighted by molar-refractivity contribution is 0.262. The van der Waals surface area contributed by atoms with Crippen molar-refractivity contribution in [3.8, 4) is 17.2 Å². The number of hydrogen-bond acceptors (Lipinski definition) is 6. The largest absolute Gasteiger partial charge is 0.493 e. The Bertz CT molecular complexity index is 589. The highest BCUT2D eigenvalue weighted by Crippen LogP contribution is 2.39. The maximum atomic E-state index is 11.8. The fourth-order valence-electron chi connectivity index (χ4n) is 1.69. The van der Waals surface area contributed by atoms with Crippen molar-refractivity contribution in [1.29, 1.82) is 0 Å². The molecule has 9 nitrogen and oxygen atoms in total. The quantitative estimate of drug-likeness (QED) is 0.770. The smallest absolute Gasteiger partial charge is 0.326 e. The van der Waals surface area contributed by atoms with Gasteiger partial charge in [0.15, 0.2) is 11.5 Å². The van der Waals surface area contributed by atoms with Gasteiger partial charge in [-0.25, -0.2) is 9.89 Å². The first-order valence-electron chi connectivity index (χ1n) is 5.91. The predicted molar refractivity (Wildman–Crippen MR) is 75.1 cm³/mol. The first-order chi connectivity index (χ1) is 10.2. The van der Waals surface area contributed by atoms with Gasteiger partial charge in [0.1, 0.15) is 6.33 Å². The molecule has 2 rings (SSSR count). The highest BCUT2D eigenvalue weighted by atomic mass is 16.5. The number of ether oxygens (including phenoxy) is 3. The number of aromatic amines is 1. The summed E-state index contributed by atoms with van der Waals surface area (Å²) in [4.78, 5) is 15.6. The number of nitrogens with zero attached hydrogens (tertiary/aromatic N) is 2. The minimum absolute atomic E-state index is 0.236. The molecule has 1 heterocycles. The van der Waals surface area contributed by atoms with E-state index in [1.807, 2.05) is 0 Å². The number of carbonyl (C=O) groups excluding carboxylic acids is 1. The van der Waals surface area contributed by atoms with Crippen molar-refractivity contribution < 1.29 is 19.0 Å². The van der Waals surface area contributed by atoms with Gasteiger partial charge in [0.2, 0.25) is 11.7 Å². The zero-order valence-electron chi connectivity index (χ0n) is 11.8. The minimum atomic E-state index is -0.485. The summed E-state index contributed by atoms with van der Waals surface area (Å²) in [6.45, 7) is 0. The second kappa shape index (κ2) is 6.46. The van der Waals surface area contributed by atoms with E-state index in [2.05, 4.69) is 25.8 Å². The summed E-state index contributed by atoms with van der Waals surface area (Å²) >= 11 is 0. The summed E-state index contributed by atoms with van der Waals surface area (Å²) in [5.74, 6) is 1.56. The van der Waals surface area contributed by atoms with E-state index >= 15 is 0 Å². The van der Waals surface area contributed by atoms with Crippen LogP contribution in [0.5, 0.6) is 17.2 Å². The molecule has 0 fully saturated rings. The van der Waals surface area contributed by atoms with Gasteiger partial charge in [-0.15, -0.1) is 0 Å². The zero-order valence-corrected chi connectivity index (χ0v) is 11.8. The third-order valence-electron chi connectivity index (χ3n) is 2.57. The van der Waals surface area contributed by atoms with Crippen LogP contribution in [0.1, 0.15) is 0 Å². The van der Waals surface area contributed by atoms with Crippen LogP contribution in [0.4, 0.5) is 16.4 Å². The molecular weight excluding hydrogens is 278 g/mol. The van der Waals surface area contributed by atoms with E-state index in [1.165, 1.54) is 27.7 Å². The lowest BCUT2D eigenvalue weighted by Crippen LogP contribution is -2.20. The monoisotopic (exact) mass is 293 g/mol. The van der Waals surface area contributed by atoms with Gasteiger partial charge in [-0.3, -0.25) is 5.32 Å². The summed E-state index contributed by atoms with van der Waals surface area (Å²) in [6.07, 6.45) is 1.29. The average molecular weight is 293 g/mol. The molecule has 3 N–H and O–H groups in total. The van der Waals surface area contributed by atoms with E-state index in [0.717, 1.165) is 0 Å². The Morgan fingerprint density at radius 2 is 1.76 bits per heavy atom. The molecule has 0 atom stereocenters. The Morgan fingerprint density at radius 3 is 2.24 bits per heavy atom. The van der Waals surface area contributed by atoms with Gasteiger partial charge < -0.3 is 19.5 Å². The molecule has 0 saturated heterocycles. The van der Waals surface area contributed by atoms with Crippen LogP contribution in [0.2, 0.25) is 0 Å². The molecular formula is C12H15N5O4. The Kier molecular flexibility index (Phi) is 4.44. The minimum Gasteiger partial charge on any atom is -0.493 e. The maximum absolute atomic E-state index is 11.8. The van der Waals surface area contributed by atoms with E-state index in [1.54, 1.807) is 12.1 Å². The molecule has 112 valence electrons. The lowest BCUT2D eigenvalue weighted by atomic mass is 10.2. The molecule has 0 spiro atoms. The number of rotatable bonds is 5. The number of urea groups is 1. The molecule has 0 aliphatic rings. The summed E-state index contributed by atoms with van der Waals surface area (Å²) in [7, 11) is 4.50. The Morgan fingerprint density at radius 1 is 1.10 bits per heavy atom. The number of H-pyrrole nitrogens is 1. The van der Waals surface area contributed by atoms with Crippen LogP contribution in [0.15, 0.2) is 18.5 Å². The number of aromatic nitrogens is 3. The molecule has 1 aromatic heterocycles. The standard InChI is InChI=1S/C12H15N5O4/c1-19-8-4-7(5-9(20-2)10(8)21-3)15-12(18)16-11-13-6-14-17-11/h4-6H,1-3H3,(H3,13,14,15,16,17,18). The van der Waals surface area contributed by atoms with Crippen molar-refractivity contribution in [3.63, 3.8) is 0 Å². The number of methoxy groups -OCH3 is 3. The first kappa shape index (κ1) is 14.4. The number of hydrogen-bond donors (Lipinski definition) is 3. The van der Waals surface area contributed by atoms with E-state index in [9.17, 15) is 4.79 Å². The molecule has 2 aromatic rings. The van der Waals surface area contributed by atoms with Gasteiger partial charge in [-0.1, -0.05) is 0 Å². The summed E-state index contributed by atoms with van der Waals surface area (Å²) in [5.41, 5.74) is 0.474. The number of amides is 2. The molecule has 21 heavy (non-hydrogen) atoms. The third-order valence-corrected chi connectivity index (χ3v) is 2.57. The highest BCUT2D eigenvalue weighted by Gasteiger charge is 2.14. The van der Waals surface area contributed by atoms with Crippen LogP contribution in [0.3, 0.4) is 0 Å². The van der Waals surface area contributed by atoms with Crippen molar-refractivity contribution in [2.75, 3.05) is 32.0 Å². The lowest BCUT2D eigenvalue weighted by Gasteiger charge is -2.14. The van der Waals surface area contributed by atoms with Crippen molar-refractivity contribution in [2.24, 2.45) is 0 Å². The molecule has 0 radical (unpaired) electrons. The van der Waals surface area contributed by atoms with Gasteiger partial charge >= 0.3 is 6.03 Å². The van der Waals surface area contributed by atoms with E-state index in [4.69, 9.17) is 14.2 Å². The van der Waals surface area contributed by atoms with Crippen molar-refractivity contribution >= 4 is 17.7 Å². The topological polar surface area (TPSA) is 110 Å². The summed E-state index contributed by atoms with van der Waals surface area (Å²) in [5, 5.41) is 11.2. The van der Waals surface area contributed by atoms with Crippen LogP contribution in [0, 0.1) is 0 Å². The molecule has 9 heteroatoms. The Hall–Kier alpha value is -2.97. The van der Waals surface area contributed by atoms with Gasteiger partial charge in [0.25, 0.3) is 0 Å². The van der Waals surface area contributed by atoms with E-state index in [0.29, 0.717) is 22.9 Å². The molecule has 0 bridgehead atoms. The summed E-state index contributed by atoms with van der Waals surface area (Å²) in [6, 6.07) is 2.74. The second-order valence-corrected chi connectivity index (χ2v) is 3.83. The van der Waals surface area contributed by atoms with Crippen LogP contribution in [0.25, 0.3) is 0 Å². The number of benzene rings is 1. The SMILES string of the molecule is COc1cc(NC(=O)Nc2ncn[nH]2)cc(OC)c1OC. The van der Waals surface area contributed by atoms with Crippen LogP contribution >= 0.6 is 0 Å². The normalized spacial score (nSPS) is 9.86. The zero-order chi connectivity index (χ0) is 15.2. The van der Waals surface area contributed by atoms with Gasteiger partial charge in [-0.05, 0) is 0 Å². The third kappa shape index (κ3) is 3.32. The van der Waals surface area contributed by atoms with Crippen LogP contribution in [-0.2, 0) is 0 Å². The molecule has 0 aliphatic heterocycles. The molecule has 0 unspecified atom stereocenters. The predicted octanol–water partition coefficient (Wildman–Crippen LogP) is 1.47. The maximum Gasteiger partial charge on any atom is 0.326 e. The van der Waals surface area contributed by atoms with Crippen molar-refractivity contribution in [3.05, 3.63) is 18.5 Å². The molecule has 0 saturated carbocycles. The van der Waals surface area contributed by atoms with E-state index < -0.39 is 6.03 Å². The highest BCUT2D eigenvalue weighted by molar-refractivity contribution is 5.99. The second-order valence-electron chi connectivity index (χ2n) is 3.83. The van der Waals surface area contributed by atoms with Gasteiger partial charge in [-0.2, -0.15) is 10.1 Å². The Balaban J connectivity index is 2.17. The number of anilines is 2. The fraction of sp³-hybridized carbons (Fsp3) is 0.250. The fourth-order valence-corrected chi connectivity index (χ4v) is 1.69.